The molecule has 0 heterocycles. The number of nitrogens with zero attached hydrogens (tertiary/aromatic N) is 1. The summed E-state index contributed by atoms with van der Waals surface area (Å²) in [5, 5.41) is 14.1. The number of hydrogen-bond acceptors (Lipinski definition) is 4. The SMILES string of the molecule is C/C=C\C(=C/C)c1ccc(S(=O)(=O)NC2(C#N)CC2)cc1NC(=O)Nc1cccc(C(F)(F)F)c1. The third-order valence-electron chi connectivity index (χ3n) is 5.26. The van der Waals surface area contributed by atoms with E-state index >= 15 is 0 Å². The Labute approximate surface area is 201 Å². The van der Waals surface area contributed by atoms with Crippen molar-refractivity contribution in [1.82, 2.24) is 4.72 Å². The van der Waals surface area contributed by atoms with E-state index in [4.69, 9.17) is 0 Å². The van der Waals surface area contributed by atoms with E-state index in [1.165, 1.54) is 24.3 Å². The van der Waals surface area contributed by atoms with Crippen molar-refractivity contribution < 1.29 is 26.4 Å². The average Bonchev–Trinajstić information content (AvgIpc) is 3.56. The lowest BCUT2D eigenvalue weighted by Crippen LogP contribution is -2.35. The predicted molar refractivity (Wildman–Crippen MR) is 127 cm³/mol. The van der Waals surface area contributed by atoms with Gasteiger partial charge in [-0.25, -0.2) is 13.2 Å². The highest BCUT2D eigenvalue weighted by atomic mass is 32.2. The Hall–Kier alpha value is -3.62. The number of rotatable bonds is 7. The largest absolute Gasteiger partial charge is 0.416 e. The monoisotopic (exact) mass is 504 g/mol. The van der Waals surface area contributed by atoms with Crippen LogP contribution in [0.5, 0.6) is 0 Å². The summed E-state index contributed by atoms with van der Waals surface area (Å²) in [6.07, 6.45) is 1.49. The number of hydrogen-bond donors (Lipinski definition) is 3. The van der Waals surface area contributed by atoms with Crippen LogP contribution < -0.4 is 15.4 Å². The molecule has 2 aromatic carbocycles. The second kappa shape index (κ2) is 9.93. The van der Waals surface area contributed by atoms with Crippen LogP contribution in [0.1, 0.15) is 37.8 Å². The van der Waals surface area contributed by atoms with Crippen molar-refractivity contribution in [2.45, 2.75) is 43.3 Å². The fraction of sp³-hybridized carbons (Fsp3) is 0.250. The van der Waals surface area contributed by atoms with Crippen molar-refractivity contribution in [1.29, 1.82) is 5.26 Å². The zero-order valence-corrected chi connectivity index (χ0v) is 19.7. The fourth-order valence-electron chi connectivity index (χ4n) is 3.30. The first-order valence-corrected chi connectivity index (χ1v) is 12.1. The Bertz CT molecular complexity index is 1340. The normalized spacial score (nSPS) is 15.5. The topological polar surface area (TPSA) is 111 Å². The van der Waals surface area contributed by atoms with Gasteiger partial charge in [0.05, 0.1) is 22.2 Å². The van der Waals surface area contributed by atoms with Crippen LogP contribution in [0.2, 0.25) is 0 Å². The van der Waals surface area contributed by atoms with Gasteiger partial charge in [-0.05, 0) is 62.6 Å². The molecule has 0 radical (unpaired) electrons. The molecule has 1 aliphatic carbocycles. The summed E-state index contributed by atoms with van der Waals surface area (Å²) in [6, 6.07) is 9.33. The van der Waals surface area contributed by atoms with Crippen molar-refractivity contribution in [3.05, 3.63) is 71.8 Å². The number of benzene rings is 2. The Morgan fingerprint density at radius 2 is 1.83 bits per heavy atom. The molecule has 2 aromatic rings. The lowest BCUT2D eigenvalue weighted by molar-refractivity contribution is -0.137. The maximum absolute atomic E-state index is 13.0. The minimum absolute atomic E-state index is 0.0891. The molecule has 0 unspecified atom stereocenters. The van der Waals surface area contributed by atoms with Crippen LogP contribution >= 0.6 is 0 Å². The minimum atomic E-state index is -4.58. The van der Waals surface area contributed by atoms with Gasteiger partial charge in [-0.2, -0.15) is 23.2 Å². The van der Waals surface area contributed by atoms with Crippen LogP contribution in [-0.4, -0.2) is 20.0 Å². The van der Waals surface area contributed by atoms with E-state index in [2.05, 4.69) is 15.4 Å². The first-order chi connectivity index (χ1) is 16.4. The van der Waals surface area contributed by atoms with Gasteiger partial charge in [0.15, 0.2) is 0 Å². The molecule has 7 nitrogen and oxygen atoms in total. The number of allylic oxidation sites excluding steroid dienone is 4. The number of nitriles is 1. The molecule has 2 amide bonds. The molecule has 3 rings (SSSR count). The number of alkyl halides is 3. The smallest absolute Gasteiger partial charge is 0.308 e. The number of nitrogens with one attached hydrogen (secondary N) is 3. The summed E-state index contributed by atoms with van der Waals surface area (Å²) in [4.78, 5) is 12.5. The van der Waals surface area contributed by atoms with Gasteiger partial charge in [0.25, 0.3) is 0 Å². The number of sulfonamides is 1. The molecule has 11 heteroatoms. The molecule has 1 saturated carbocycles. The molecule has 1 aliphatic rings. The highest BCUT2D eigenvalue weighted by molar-refractivity contribution is 7.89. The minimum Gasteiger partial charge on any atom is -0.308 e. The van der Waals surface area contributed by atoms with Gasteiger partial charge in [0, 0.05) is 11.3 Å². The Morgan fingerprint density at radius 3 is 2.40 bits per heavy atom. The molecule has 0 bridgehead atoms. The molecular formula is C24H23F3N4O3S. The third-order valence-corrected chi connectivity index (χ3v) is 6.79. The average molecular weight is 505 g/mol. The summed E-state index contributed by atoms with van der Waals surface area (Å²) < 4.78 is 67.1. The van der Waals surface area contributed by atoms with E-state index in [-0.39, 0.29) is 16.3 Å². The number of urea groups is 1. The Balaban J connectivity index is 1.94. The first-order valence-electron chi connectivity index (χ1n) is 10.6. The number of carbonyl (C=O) groups is 1. The summed E-state index contributed by atoms with van der Waals surface area (Å²) >= 11 is 0. The van der Waals surface area contributed by atoms with Crippen LogP contribution in [0.3, 0.4) is 0 Å². The Morgan fingerprint density at radius 1 is 1.11 bits per heavy atom. The first kappa shape index (κ1) is 26.0. The molecule has 0 aromatic heterocycles. The second-order valence-corrected chi connectivity index (χ2v) is 9.59. The van der Waals surface area contributed by atoms with Crippen LogP contribution in [0.25, 0.3) is 5.57 Å². The molecule has 0 saturated heterocycles. The highest BCUT2D eigenvalue weighted by Gasteiger charge is 2.46. The van der Waals surface area contributed by atoms with Gasteiger partial charge in [-0.15, -0.1) is 0 Å². The number of anilines is 2. The fourth-order valence-corrected chi connectivity index (χ4v) is 4.70. The second-order valence-electron chi connectivity index (χ2n) is 7.91. The molecule has 3 N–H and O–H groups in total. The summed E-state index contributed by atoms with van der Waals surface area (Å²) in [5.41, 5.74) is -0.865. The van der Waals surface area contributed by atoms with E-state index in [0.29, 0.717) is 24.0 Å². The van der Waals surface area contributed by atoms with E-state index in [1.807, 2.05) is 6.07 Å². The van der Waals surface area contributed by atoms with Crippen LogP contribution in [0.15, 0.2) is 65.6 Å². The molecule has 0 atom stereocenters. The standard InChI is InChI=1S/C24H23F3N4O3S/c1-3-6-16(4-2)20-10-9-19(35(33,34)31-23(15-28)11-12-23)14-21(20)30-22(32)29-18-8-5-7-17(13-18)24(25,26)27/h3-10,13-14,31H,11-12H2,1-2H3,(H2,29,30,32)/b6-3-,16-4+. The maximum Gasteiger partial charge on any atom is 0.416 e. The molecule has 0 spiro atoms. The van der Waals surface area contributed by atoms with Gasteiger partial charge >= 0.3 is 12.2 Å². The number of carbonyl (C=O) groups excluding carboxylic acids is 1. The van der Waals surface area contributed by atoms with Gasteiger partial charge in [-0.1, -0.05) is 30.4 Å². The van der Waals surface area contributed by atoms with Crippen molar-refractivity contribution in [2.75, 3.05) is 10.6 Å². The predicted octanol–water partition coefficient (Wildman–Crippen LogP) is 5.66. The van der Waals surface area contributed by atoms with E-state index in [1.54, 1.807) is 32.1 Å². The summed E-state index contributed by atoms with van der Waals surface area (Å²) in [6.45, 7) is 3.55. The molecular weight excluding hydrogens is 481 g/mol. The molecule has 184 valence electrons. The zero-order chi connectivity index (χ0) is 25.9. The quantitative estimate of drug-likeness (QED) is 0.422. The van der Waals surface area contributed by atoms with Crippen molar-refractivity contribution in [3.8, 4) is 6.07 Å². The highest BCUT2D eigenvalue weighted by Crippen LogP contribution is 2.37. The number of halogens is 3. The molecule has 1 fully saturated rings. The van der Waals surface area contributed by atoms with Crippen molar-refractivity contribution >= 4 is 33.0 Å². The van der Waals surface area contributed by atoms with Crippen molar-refractivity contribution in [2.24, 2.45) is 0 Å². The maximum atomic E-state index is 13.0. The lowest BCUT2D eigenvalue weighted by atomic mass is 10.0. The van der Waals surface area contributed by atoms with E-state index in [9.17, 15) is 31.6 Å². The Kier molecular flexibility index (Phi) is 7.38. The summed E-state index contributed by atoms with van der Waals surface area (Å²) in [5.74, 6) is 0. The van der Waals surface area contributed by atoms with Gasteiger partial charge in [0.2, 0.25) is 10.0 Å². The van der Waals surface area contributed by atoms with E-state index < -0.39 is 33.3 Å². The zero-order valence-electron chi connectivity index (χ0n) is 18.9. The van der Waals surface area contributed by atoms with Gasteiger partial charge in [-0.3, -0.25) is 0 Å². The van der Waals surface area contributed by atoms with Crippen LogP contribution in [-0.2, 0) is 16.2 Å². The number of amides is 2. The molecule has 0 aliphatic heterocycles. The van der Waals surface area contributed by atoms with Gasteiger partial charge in [0.1, 0.15) is 5.54 Å². The van der Waals surface area contributed by atoms with Crippen molar-refractivity contribution in [3.63, 3.8) is 0 Å². The summed E-state index contributed by atoms with van der Waals surface area (Å²) in [7, 11) is -4.07. The van der Waals surface area contributed by atoms with Gasteiger partial charge < -0.3 is 10.6 Å². The third kappa shape index (κ3) is 6.29. The molecule has 35 heavy (non-hydrogen) atoms. The van der Waals surface area contributed by atoms with Crippen LogP contribution in [0.4, 0.5) is 29.3 Å². The van der Waals surface area contributed by atoms with E-state index in [0.717, 1.165) is 18.2 Å². The van der Waals surface area contributed by atoms with Crippen LogP contribution in [0, 0.1) is 11.3 Å². The lowest BCUT2D eigenvalue weighted by Gasteiger charge is -2.16.